The molecule has 0 fully saturated rings. The molecule has 0 aliphatic heterocycles. The summed E-state index contributed by atoms with van der Waals surface area (Å²) in [5.41, 5.74) is 0.0501. The second-order valence-corrected chi connectivity index (χ2v) is 5.01. The number of aryl methyl sites for hydroxylation is 1. The van der Waals surface area contributed by atoms with Crippen molar-refractivity contribution in [3.63, 3.8) is 0 Å². The molecule has 0 atom stereocenters. The average molecular weight is 303 g/mol. The Hall–Kier alpha value is -1.72. The van der Waals surface area contributed by atoms with Crippen molar-refractivity contribution in [3.8, 4) is 0 Å². The summed E-state index contributed by atoms with van der Waals surface area (Å²) >= 11 is 0. The van der Waals surface area contributed by atoms with Crippen LogP contribution in [-0.2, 0) is 11.0 Å². The largest absolute Gasteiger partial charge is 0.481 e. The van der Waals surface area contributed by atoms with E-state index in [0.29, 0.717) is 18.7 Å². The SMILES string of the molecule is Cc1ccc(NCCCCCCC(=O)O)cc1C(F)(F)F. The van der Waals surface area contributed by atoms with Crippen LogP contribution in [0.25, 0.3) is 0 Å². The van der Waals surface area contributed by atoms with Crippen LogP contribution < -0.4 is 5.32 Å². The monoisotopic (exact) mass is 303 g/mol. The van der Waals surface area contributed by atoms with Gasteiger partial charge >= 0.3 is 12.1 Å². The van der Waals surface area contributed by atoms with E-state index in [1.165, 1.54) is 13.0 Å². The first kappa shape index (κ1) is 17.3. The number of hydrogen-bond donors (Lipinski definition) is 2. The minimum atomic E-state index is -4.33. The molecule has 0 radical (unpaired) electrons. The van der Waals surface area contributed by atoms with Crippen LogP contribution in [0.3, 0.4) is 0 Å². The Bertz CT molecular complexity index is 472. The van der Waals surface area contributed by atoms with Gasteiger partial charge in [0.2, 0.25) is 0 Å². The number of anilines is 1. The van der Waals surface area contributed by atoms with Crippen molar-refractivity contribution in [2.45, 2.75) is 45.2 Å². The van der Waals surface area contributed by atoms with Crippen LogP contribution in [0.5, 0.6) is 0 Å². The van der Waals surface area contributed by atoms with Crippen molar-refractivity contribution in [1.29, 1.82) is 0 Å². The lowest BCUT2D eigenvalue weighted by atomic mass is 10.1. The fraction of sp³-hybridized carbons (Fsp3) is 0.533. The molecule has 0 bridgehead atoms. The van der Waals surface area contributed by atoms with Gasteiger partial charge in [-0.1, -0.05) is 18.9 Å². The third kappa shape index (κ3) is 6.51. The highest BCUT2D eigenvalue weighted by Crippen LogP contribution is 2.33. The van der Waals surface area contributed by atoms with Gasteiger partial charge in [-0.3, -0.25) is 4.79 Å². The molecule has 3 nitrogen and oxygen atoms in total. The van der Waals surface area contributed by atoms with E-state index in [4.69, 9.17) is 5.11 Å². The lowest BCUT2D eigenvalue weighted by molar-refractivity contribution is -0.138. The predicted octanol–water partition coefficient (Wildman–Crippen LogP) is 4.46. The number of carboxylic acids is 1. The molecular weight excluding hydrogens is 283 g/mol. The lowest BCUT2D eigenvalue weighted by Crippen LogP contribution is -2.09. The summed E-state index contributed by atoms with van der Waals surface area (Å²) in [6.45, 7) is 2.02. The first-order chi connectivity index (χ1) is 9.80. The summed E-state index contributed by atoms with van der Waals surface area (Å²) in [4.78, 5) is 10.3. The normalized spacial score (nSPS) is 11.4. The van der Waals surface area contributed by atoms with Crippen LogP contribution in [0, 0.1) is 6.92 Å². The summed E-state index contributed by atoms with van der Waals surface area (Å²) in [6, 6.07) is 4.22. The molecule has 0 aromatic heterocycles. The van der Waals surface area contributed by atoms with Gasteiger partial charge in [-0.2, -0.15) is 13.2 Å². The van der Waals surface area contributed by atoms with E-state index >= 15 is 0 Å². The molecular formula is C15H20F3NO2. The number of alkyl halides is 3. The number of nitrogens with one attached hydrogen (secondary N) is 1. The molecule has 1 aromatic carbocycles. The van der Waals surface area contributed by atoms with Crippen LogP contribution in [0.15, 0.2) is 18.2 Å². The second-order valence-electron chi connectivity index (χ2n) is 5.01. The van der Waals surface area contributed by atoms with Crippen molar-refractivity contribution >= 4 is 11.7 Å². The van der Waals surface area contributed by atoms with E-state index in [1.807, 2.05) is 0 Å². The molecule has 0 heterocycles. The van der Waals surface area contributed by atoms with E-state index in [1.54, 1.807) is 6.07 Å². The van der Waals surface area contributed by atoms with Crippen LogP contribution in [-0.4, -0.2) is 17.6 Å². The molecule has 2 N–H and O–H groups in total. The number of hydrogen-bond acceptors (Lipinski definition) is 2. The van der Waals surface area contributed by atoms with Gasteiger partial charge in [0, 0.05) is 18.7 Å². The highest BCUT2D eigenvalue weighted by molar-refractivity contribution is 5.66. The highest BCUT2D eigenvalue weighted by atomic mass is 19.4. The quantitative estimate of drug-likeness (QED) is 0.697. The Morgan fingerprint density at radius 3 is 2.48 bits per heavy atom. The maximum Gasteiger partial charge on any atom is 0.416 e. The highest BCUT2D eigenvalue weighted by Gasteiger charge is 2.32. The van der Waals surface area contributed by atoms with E-state index in [2.05, 4.69) is 5.32 Å². The zero-order valence-corrected chi connectivity index (χ0v) is 12.0. The number of carboxylic acid groups (broad SMARTS) is 1. The maximum atomic E-state index is 12.7. The standard InChI is InChI=1S/C15H20F3NO2/c1-11-7-8-12(10-13(11)15(16,17)18)19-9-5-3-2-4-6-14(20)21/h7-8,10,19H,2-6,9H2,1H3,(H,20,21). The molecule has 6 heteroatoms. The predicted molar refractivity (Wildman–Crippen MR) is 75.4 cm³/mol. The number of unbranched alkanes of at least 4 members (excludes halogenated alkanes) is 3. The zero-order valence-electron chi connectivity index (χ0n) is 12.0. The van der Waals surface area contributed by atoms with Crippen molar-refractivity contribution in [1.82, 2.24) is 0 Å². The van der Waals surface area contributed by atoms with E-state index in [0.717, 1.165) is 25.3 Å². The molecule has 118 valence electrons. The molecule has 0 unspecified atom stereocenters. The van der Waals surface area contributed by atoms with Crippen molar-refractivity contribution in [2.24, 2.45) is 0 Å². The Labute approximate surface area is 122 Å². The summed E-state index contributed by atoms with van der Waals surface area (Å²) in [5, 5.41) is 11.4. The summed E-state index contributed by atoms with van der Waals surface area (Å²) in [7, 11) is 0. The number of rotatable bonds is 8. The van der Waals surface area contributed by atoms with Gasteiger partial charge < -0.3 is 10.4 Å². The Kier molecular flexibility index (Phi) is 6.52. The van der Waals surface area contributed by atoms with Crippen LogP contribution in [0.4, 0.5) is 18.9 Å². The topological polar surface area (TPSA) is 49.3 Å². The summed E-state index contributed by atoms with van der Waals surface area (Å²) in [6.07, 6.45) is -1.06. The van der Waals surface area contributed by atoms with Crippen molar-refractivity contribution < 1.29 is 23.1 Å². The fourth-order valence-corrected chi connectivity index (χ4v) is 2.02. The number of carbonyl (C=O) groups is 1. The number of aliphatic carboxylic acids is 1. The summed E-state index contributed by atoms with van der Waals surface area (Å²) in [5.74, 6) is -0.799. The van der Waals surface area contributed by atoms with Crippen LogP contribution >= 0.6 is 0 Å². The first-order valence-electron chi connectivity index (χ1n) is 6.94. The molecule has 0 saturated heterocycles. The van der Waals surface area contributed by atoms with Crippen LogP contribution in [0.1, 0.15) is 43.2 Å². The average Bonchev–Trinajstić information content (AvgIpc) is 2.37. The first-order valence-corrected chi connectivity index (χ1v) is 6.94. The number of halogens is 3. The molecule has 1 aromatic rings. The smallest absolute Gasteiger partial charge is 0.416 e. The van der Waals surface area contributed by atoms with Crippen LogP contribution in [0.2, 0.25) is 0 Å². The van der Waals surface area contributed by atoms with Gasteiger partial charge in [-0.25, -0.2) is 0 Å². The molecule has 21 heavy (non-hydrogen) atoms. The fourth-order valence-electron chi connectivity index (χ4n) is 2.02. The summed E-state index contributed by atoms with van der Waals surface area (Å²) < 4.78 is 38.2. The minimum Gasteiger partial charge on any atom is -0.481 e. The van der Waals surface area contributed by atoms with Gasteiger partial charge in [0.15, 0.2) is 0 Å². The van der Waals surface area contributed by atoms with E-state index in [-0.39, 0.29) is 12.0 Å². The zero-order chi connectivity index (χ0) is 15.9. The lowest BCUT2D eigenvalue weighted by Gasteiger charge is -2.13. The molecule has 0 spiro atoms. The van der Waals surface area contributed by atoms with Gasteiger partial charge in [-0.15, -0.1) is 0 Å². The maximum absolute atomic E-state index is 12.7. The van der Waals surface area contributed by atoms with Gasteiger partial charge in [0.1, 0.15) is 0 Å². The van der Waals surface area contributed by atoms with Crippen molar-refractivity contribution in [3.05, 3.63) is 29.3 Å². The van der Waals surface area contributed by atoms with E-state index < -0.39 is 17.7 Å². The number of benzene rings is 1. The Morgan fingerprint density at radius 2 is 1.86 bits per heavy atom. The van der Waals surface area contributed by atoms with Gasteiger partial charge in [-0.05, 0) is 37.5 Å². The van der Waals surface area contributed by atoms with Crippen molar-refractivity contribution in [2.75, 3.05) is 11.9 Å². The molecule has 0 aliphatic carbocycles. The van der Waals surface area contributed by atoms with Gasteiger partial charge in [0.25, 0.3) is 0 Å². The Morgan fingerprint density at radius 1 is 1.19 bits per heavy atom. The van der Waals surface area contributed by atoms with E-state index in [9.17, 15) is 18.0 Å². The second kappa shape index (κ2) is 7.90. The minimum absolute atomic E-state index is 0.167. The third-order valence-corrected chi connectivity index (χ3v) is 3.19. The molecule has 0 saturated carbocycles. The third-order valence-electron chi connectivity index (χ3n) is 3.19. The molecule has 0 aliphatic rings. The Balaban J connectivity index is 2.34. The molecule has 0 amide bonds. The van der Waals surface area contributed by atoms with Gasteiger partial charge in [0.05, 0.1) is 5.56 Å². The molecule has 1 rings (SSSR count).